The monoisotopic (exact) mass is 443 g/mol. The molecular weight excluding hydrogens is 418 g/mol. The zero-order chi connectivity index (χ0) is 21.4. The molecule has 5 N–H and O–H groups in total. The first-order valence-corrected chi connectivity index (χ1v) is 11.1. The van der Waals surface area contributed by atoms with Gasteiger partial charge in [-0.3, -0.25) is 9.59 Å². The fourth-order valence-corrected chi connectivity index (χ4v) is 4.86. The first kappa shape index (κ1) is 23.6. The highest BCUT2D eigenvalue weighted by atomic mass is 33.1. The SMILES string of the molecule is C=CC(CC(=O)N[C@@H]1O[C@H](CO)[C@@H](O)[C@H](O)[C@H]1NC(C)=O)SSc1ccccn1. The Morgan fingerprint density at radius 3 is 2.69 bits per heavy atom. The van der Waals surface area contributed by atoms with Crippen molar-refractivity contribution in [2.75, 3.05) is 6.61 Å². The van der Waals surface area contributed by atoms with Crippen LogP contribution in [0.15, 0.2) is 42.1 Å². The molecule has 1 unspecified atom stereocenters. The lowest BCUT2D eigenvalue weighted by Gasteiger charge is -2.42. The highest BCUT2D eigenvalue weighted by molar-refractivity contribution is 8.77. The lowest BCUT2D eigenvalue weighted by Crippen LogP contribution is -2.68. The van der Waals surface area contributed by atoms with Crippen LogP contribution in [-0.4, -0.2) is 74.6 Å². The summed E-state index contributed by atoms with van der Waals surface area (Å²) in [5, 5.41) is 35.3. The number of nitrogens with one attached hydrogen (secondary N) is 2. The minimum absolute atomic E-state index is 0.0725. The van der Waals surface area contributed by atoms with E-state index in [-0.39, 0.29) is 11.7 Å². The molecule has 0 aliphatic carbocycles. The molecule has 2 rings (SSSR count). The van der Waals surface area contributed by atoms with Crippen molar-refractivity contribution in [3.8, 4) is 0 Å². The number of aromatic nitrogens is 1. The summed E-state index contributed by atoms with van der Waals surface area (Å²) in [5.74, 6) is -0.859. The number of carbonyl (C=O) groups is 2. The number of ether oxygens (including phenoxy) is 1. The van der Waals surface area contributed by atoms with Gasteiger partial charge in [-0.2, -0.15) is 0 Å². The highest BCUT2D eigenvalue weighted by Gasteiger charge is 2.45. The van der Waals surface area contributed by atoms with Gasteiger partial charge >= 0.3 is 0 Å². The first-order chi connectivity index (χ1) is 13.8. The number of nitrogens with zero attached hydrogens (tertiary/aromatic N) is 1. The smallest absolute Gasteiger partial charge is 0.223 e. The Morgan fingerprint density at radius 1 is 1.34 bits per heavy atom. The topological polar surface area (TPSA) is 141 Å². The van der Waals surface area contributed by atoms with Gasteiger partial charge in [0.15, 0.2) is 6.23 Å². The largest absolute Gasteiger partial charge is 0.394 e. The average molecular weight is 444 g/mol. The van der Waals surface area contributed by atoms with Gasteiger partial charge in [-0.25, -0.2) is 4.98 Å². The van der Waals surface area contributed by atoms with Crippen LogP contribution < -0.4 is 10.6 Å². The molecule has 0 saturated carbocycles. The maximum Gasteiger partial charge on any atom is 0.223 e. The minimum atomic E-state index is -1.42. The Kier molecular flexibility index (Phi) is 9.40. The van der Waals surface area contributed by atoms with E-state index in [1.54, 1.807) is 12.3 Å². The molecule has 6 atom stereocenters. The van der Waals surface area contributed by atoms with Crippen molar-refractivity contribution in [3.63, 3.8) is 0 Å². The quantitative estimate of drug-likeness (QED) is 0.260. The summed E-state index contributed by atoms with van der Waals surface area (Å²) >= 11 is 0. The number of hydrogen-bond acceptors (Lipinski definition) is 9. The van der Waals surface area contributed by atoms with E-state index < -0.39 is 49.0 Å². The van der Waals surface area contributed by atoms with Crippen LogP contribution in [0.4, 0.5) is 0 Å². The van der Waals surface area contributed by atoms with E-state index in [9.17, 15) is 24.9 Å². The van der Waals surface area contributed by atoms with Gasteiger partial charge in [0.05, 0.1) is 6.61 Å². The molecule has 2 heterocycles. The normalized spacial score (nSPS) is 27.7. The summed E-state index contributed by atoms with van der Waals surface area (Å²) in [6.45, 7) is 4.44. The number of aliphatic hydroxyl groups is 3. The van der Waals surface area contributed by atoms with Crippen molar-refractivity contribution in [3.05, 3.63) is 37.1 Å². The van der Waals surface area contributed by atoms with Crippen molar-refractivity contribution in [1.82, 2.24) is 15.6 Å². The molecule has 2 amide bonds. The number of aliphatic hydroxyl groups excluding tert-OH is 3. The van der Waals surface area contributed by atoms with Crippen molar-refractivity contribution in [1.29, 1.82) is 0 Å². The van der Waals surface area contributed by atoms with Gasteiger partial charge in [0, 0.05) is 24.8 Å². The van der Waals surface area contributed by atoms with Crippen LogP contribution in [0.25, 0.3) is 0 Å². The third kappa shape index (κ3) is 6.98. The average Bonchev–Trinajstić information content (AvgIpc) is 2.71. The molecule has 0 spiro atoms. The summed E-state index contributed by atoms with van der Waals surface area (Å²) in [5.41, 5.74) is 0. The first-order valence-electron chi connectivity index (χ1n) is 8.91. The molecule has 1 aromatic rings. The minimum Gasteiger partial charge on any atom is -0.394 e. The van der Waals surface area contributed by atoms with Gasteiger partial charge in [0.1, 0.15) is 29.4 Å². The molecule has 0 radical (unpaired) electrons. The molecule has 29 heavy (non-hydrogen) atoms. The Morgan fingerprint density at radius 2 is 2.10 bits per heavy atom. The summed E-state index contributed by atoms with van der Waals surface area (Å²) in [4.78, 5) is 28.2. The molecule has 1 aliphatic heterocycles. The van der Waals surface area contributed by atoms with Gasteiger partial charge in [0.25, 0.3) is 0 Å². The van der Waals surface area contributed by atoms with E-state index in [4.69, 9.17) is 4.74 Å². The van der Waals surface area contributed by atoms with Crippen LogP contribution in [0.3, 0.4) is 0 Å². The van der Waals surface area contributed by atoms with E-state index in [0.29, 0.717) is 0 Å². The molecule has 0 aromatic carbocycles. The molecule has 1 aromatic heterocycles. The number of pyridine rings is 1. The maximum absolute atomic E-state index is 12.5. The second-order valence-electron chi connectivity index (χ2n) is 6.38. The summed E-state index contributed by atoms with van der Waals surface area (Å²) in [6, 6.07) is 4.47. The number of amides is 2. The van der Waals surface area contributed by atoms with Crippen molar-refractivity contribution in [2.45, 2.75) is 54.2 Å². The van der Waals surface area contributed by atoms with Crippen molar-refractivity contribution < 1.29 is 29.6 Å². The van der Waals surface area contributed by atoms with Crippen molar-refractivity contribution in [2.24, 2.45) is 0 Å². The third-order valence-corrected chi connectivity index (χ3v) is 6.80. The molecule has 1 saturated heterocycles. The molecule has 0 bridgehead atoms. The summed E-state index contributed by atoms with van der Waals surface area (Å²) in [6.07, 6.45) is -1.63. The predicted octanol–water partition coefficient (Wildman–Crippen LogP) is -0.173. The second kappa shape index (κ2) is 11.5. The molecule has 1 aliphatic rings. The highest BCUT2D eigenvalue weighted by Crippen LogP contribution is 2.34. The predicted molar refractivity (Wildman–Crippen MR) is 110 cm³/mol. The lowest BCUT2D eigenvalue weighted by atomic mass is 9.96. The van der Waals surface area contributed by atoms with Crippen LogP contribution in [0.5, 0.6) is 0 Å². The Balaban J connectivity index is 1.97. The zero-order valence-electron chi connectivity index (χ0n) is 15.8. The summed E-state index contributed by atoms with van der Waals surface area (Å²) < 4.78 is 5.49. The van der Waals surface area contributed by atoms with Crippen LogP contribution in [0, 0.1) is 0 Å². The Hall–Kier alpha value is -1.63. The van der Waals surface area contributed by atoms with E-state index in [1.807, 2.05) is 18.2 Å². The van der Waals surface area contributed by atoms with Gasteiger partial charge in [-0.05, 0) is 22.9 Å². The van der Waals surface area contributed by atoms with Crippen molar-refractivity contribution >= 4 is 33.4 Å². The standard InChI is InChI=1S/C18H25N3O6S2/c1-3-11(28-29-14-6-4-5-7-19-14)8-13(24)21-18-15(20-10(2)23)17(26)16(25)12(9-22)27-18/h3-7,11-12,15-18,22,25-26H,1,8-9H2,2H3,(H,20,23)(H,21,24)/t11?,12-,15-,16-,17-,18-/m1/s1. The van der Waals surface area contributed by atoms with E-state index in [2.05, 4.69) is 22.2 Å². The maximum atomic E-state index is 12.5. The summed E-state index contributed by atoms with van der Waals surface area (Å²) in [7, 11) is 2.83. The van der Waals surface area contributed by atoms with Crippen LogP contribution in [0.2, 0.25) is 0 Å². The van der Waals surface area contributed by atoms with Gasteiger partial charge < -0.3 is 30.7 Å². The Bertz CT molecular complexity index is 695. The molecular formula is C18H25N3O6S2. The van der Waals surface area contributed by atoms with E-state index in [0.717, 1.165) is 5.03 Å². The third-order valence-electron chi connectivity index (χ3n) is 4.14. The zero-order valence-corrected chi connectivity index (χ0v) is 17.4. The number of rotatable bonds is 9. The van der Waals surface area contributed by atoms with Gasteiger partial charge in [0.2, 0.25) is 11.8 Å². The number of hydrogen-bond donors (Lipinski definition) is 5. The van der Waals surface area contributed by atoms with E-state index >= 15 is 0 Å². The molecule has 160 valence electrons. The van der Waals surface area contributed by atoms with Crippen LogP contribution in [-0.2, 0) is 14.3 Å². The molecule has 1 fully saturated rings. The van der Waals surface area contributed by atoms with Crippen LogP contribution in [0.1, 0.15) is 13.3 Å². The number of carbonyl (C=O) groups excluding carboxylic acids is 2. The Labute approximate surface area is 176 Å². The van der Waals surface area contributed by atoms with Gasteiger partial charge in [-0.15, -0.1) is 6.58 Å². The lowest BCUT2D eigenvalue weighted by molar-refractivity contribution is -0.203. The molecule has 11 heteroatoms. The van der Waals surface area contributed by atoms with Crippen LogP contribution >= 0.6 is 21.6 Å². The fourth-order valence-electron chi connectivity index (χ4n) is 2.70. The fraction of sp³-hybridized carbons (Fsp3) is 0.500. The van der Waals surface area contributed by atoms with Gasteiger partial charge in [-0.1, -0.05) is 22.9 Å². The van der Waals surface area contributed by atoms with E-state index in [1.165, 1.54) is 28.5 Å². The molecule has 9 nitrogen and oxygen atoms in total. The second-order valence-corrected chi connectivity index (χ2v) is 8.84.